The second kappa shape index (κ2) is 6.86. The minimum Gasteiger partial charge on any atom is -0.354 e. The van der Waals surface area contributed by atoms with Gasteiger partial charge in [-0.25, -0.2) is 0 Å². The first kappa shape index (κ1) is 12.4. The molecule has 0 spiro atoms. The fourth-order valence-corrected chi connectivity index (χ4v) is 1.13. The van der Waals surface area contributed by atoms with Gasteiger partial charge in [-0.05, 0) is 20.4 Å². The van der Waals surface area contributed by atoms with Crippen LogP contribution < -0.4 is 16.4 Å². The lowest BCUT2D eigenvalue weighted by atomic mass is 10.2. The third-order valence-corrected chi connectivity index (χ3v) is 1.66. The van der Waals surface area contributed by atoms with Gasteiger partial charge in [-0.1, -0.05) is 6.92 Å². The van der Waals surface area contributed by atoms with Gasteiger partial charge >= 0.3 is 0 Å². The summed E-state index contributed by atoms with van der Waals surface area (Å²) in [6.45, 7) is 7.24. The number of carbonyl (C=O) groups excluding carboxylic acids is 1. The third-order valence-electron chi connectivity index (χ3n) is 1.66. The standard InChI is InChI=1S/C9H21N3O/c1-4-11-8(6-10)5-9(13)12-7(2)3/h7-8,11H,4-6,10H2,1-3H3,(H,12,13). The van der Waals surface area contributed by atoms with Crippen LogP contribution in [0.3, 0.4) is 0 Å². The van der Waals surface area contributed by atoms with E-state index in [-0.39, 0.29) is 18.0 Å². The highest BCUT2D eigenvalue weighted by Gasteiger charge is 2.11. The summed E-state index contributed by atoms with van der Waals surface area (Å²) in [4.78, 5) is 11.3. The highest BCUT2D eigenvalue weighted by Crippen LogP contribution is 1.90. The van der Waals surface area contributed by atoms with Gasteiger partial charge in [0.05, 0.1) is 0 Å². The van der Waals surface area contributed by atoms with Crippen LogP contribution in [0.4, 0.5) is 0 Å². The van der Waals surface area contributed by atoms with E-state index in [4.69, 9.17) is 5.73 Å². The van der Waals surface area contributed by atoms with Crippen molar-refractivity contribution in [2.45, 2.75) is 39.3 Å². The van der Waals surface area contributed by atoms with Gasteiger partial charge in [0.15, 0.2) is 0 Å². The molecule has 0 rings (SSSR count). The van der Waals surface area contributed by atoms with E-state index in [1.54, 1.807) is 0 Å². The molecular weight excluding hydrogens is 166 g/mol. The van der Waals surface area contributed by atoms with Gasteiger partial charge in [0, 0.05) is 25.0 Å². The van der Waals surface area contributed by atoms with E-state index in [1.165, 1.54) is 0 Å². The van der Waals surface area contributed by atoms with Crippen LogP contribution in [0, 0.1) is 0 Å². The van der Waals surface area contributed by atoms with Crippen molar-refractivity contribution in [3.63, 3.8) is 0 Å². The maximum absolute atomic E-state index is 11.3. The fraction of sp³-hybridized carbons (Fsp3) is 0.889. The summed E-state index contributed by atoms with van der Waals surface area (Å²) in [5, 5.41) is 5.98. The Kier molecular flexibility index (Phi) is 6.54. The zero-order valence-corrected chi connectivity index (χ0v) is 8.76. The SMILES string of the molecule is CCNC(CN)CC(=O)NC(C)C. The molecule has 0 fully saturated rings. The van der Waals surface area contributed by atoms with Crippen LogP contribution in [0.1, 0.15) is 27.2 Å². The number of hydrogen-bond donors (Lipinski definition) is 3. The molecule has 0 aliphatic rings. The monoisotopic (exact) mass is 187 g/mol. The van der Waals surface area contributed by atoms with Crippen molar-refractivity contribution in [3.05, 3.63) is 0 Å². The molecule has 0 heterocycles. The minimum absolute atomic E-state index is 0.0615. The molecule has 0 radical (unpaired) electrons. The molecule has 0 aliphatic carbocycles. The quantitative estimate of drug-likeness (QED) is 0.541. The number of nitrogens with two attached hydrogens (primary N) is 1. The molecule has 0 aromatic carbocycles. The van der Waals surface area contributed by atoms with Gasteiger partial charge in [0.25, 0.3) is 0 Å². The van der Waals surface area contributed by atoms with Crippen molar-refractivity contribution in [1.82, 2.24) is 10.6 Å². The van der Waals surface area contributed by atoms with Gasteiger partial charge in [-0.15, -0.1) is 0 Å². The zero-order chi connectivity index (χ0) is 10.3. The first-order valence-electron chi connectivity index (χ1n) is 4.83. The maximum Gasteiger partial charge on any atom is 0.221 e. The van der Waals surface area contributed by atoms with E-state index in [0.29, 0.717) is 13.0 Å². The second-order valence-electron chi connectivity index (χ2n) is 3.42. The van der Waals surface area contributed by atoms with Crippen molar-refractivity contribution < 1.29 is 4.79 Å². The minimum atomic E-state index is 0.0615. The first-order chi connectivity index (χ1) is 6.10. The molecule has 78 valence electrons. The number of nitrogens with one attached hydrogen (secondary N) is 2. The molecule has 13 heavy (non-hydrogen) atoms. The Labute approximate surface area is 80.3 Å². The average Bonchev–Trinajstić information content (AvgIpc) is 2.02. The molecule has 4 nitrogen and oxygen atoms in total. The summed E-state index contributed by atoms with van der Waals surface area (Å²) < 4.78 is 0. The summed E-state index contributed by atoms with van der Waals surface area (Å²) >= 11 is 0. The summed E-state index contributed by atoms with van der Waals surface area (Å²) in [5.41, 5.74) is 5.50. The first-order valence-corrected chi connectivity index (χ1v) is 4.83. The largest absolute Gasteiger partial charge is 0.354 e. The van der Waals surface area contributed by atoms with Crippen LogP contribution in [0.15, 0.2) is 0 Å². The molecule has 1 atom stereocenters. The van der Waals surface area contributed by atoms with Crippen molar-refractivity contribution >= 4 is 5.91 Å². The zero-order valence-electron chi connectivity index (χ0n) is 8.76. The Balaban J connectivity index is 3.73. The summed E-state index contributed by atoms with van der Waals surface area (Å²) in [6, 6.07) is 0.302. The van der Waals surface area contributed by atoms with Crippen LogP contribution in [0.25, 0.3) is 0 Å². The topological polar surface area (TPSA) is 67.1 Å². The van der Waals surface area contributed by atoms with Crippen molar-refractivity contribution in [2.24, 2.45) is 5.73 Å². The van der Waals surface area contributed by atoms with Crippen molar-refractivity contribution in [1.29, 1.82) is 0 Å². The molecule has 0 saturated carbocycles. The van der Waals surface area contributed by atoms with Crippen LogP contribution >= 0.6 is 0 Å². The summed E-state index contributed by atoms with van der Waals surface area (Å²) in [6.07, 6.45) is 0.461. The van der Waals surface area contributed by atoms with E-state index in [9.17, 15) is 4.79 Å². The predicted octanol–water partition coefficient (Wildman–Crippen LogP) is -0.162. The van der Waals surface area contributed by atoms with Crippen LogP contribution in [-0.2, 0) is 4.79 Å². The van der Waals surface area contributed by atoms with Gasteiger partial charge in [0.2, 0.25) is 5.91 Å². The Morgan fingerprint density at radius 2 is 2.08 bits per heavy atom. The van der Waals surface area contributed by atoms with Gasteiger partial charge < -0.3 is 16.4 Å². The Hall–Kier alpha value is -0.610. The summed E-state index contributed by atoms with van der Waals surface area (Å²) in [5.74, 6) is 0.0615. The number of carbonyl (C=O) groups is 1. The van der Waals surface area contributed by atoms with Crippen molar-refractivity contribution in [3.8, 4) is 0 Å². The predicted molar refractivity (Wildman–Crippen MR) is 54.4 cm³/mol. The van der Waals surface area contributed by atoms with E-state index in [0.717, 1.165) is 6.54 Å². The van der Waals surface area contributed by atoms with E-state index in [2.05, 4.69) is 10.6 Å². The van der Waals surface area contributed by atoms with Crippen LogP contribution in [-0.4, -0.2) is 31.1 Å². The average molecular weight is 187 g/mol. The van der Waals surface area contributed by atoms with E-state index >= 15 is 0 Å². The lowest BCUT2D eigenvalue weighted by Gasteiger charge is -2.16. The molecule has 1 amide bonds. The Bertz CT molecular complexity index is 148. The Morgan fingerprint density at radius 1 is 1.46 bits per heavy atom. The molecule has 0 aliphatic heterocycles. The number of hydrogen-bond acceptors (Lipinski definition) is 3. The number of amides is 1. The van der Waals surface area contributed by atoms with Crippen LogP contribution in [0.2, 0.25) is 0 Å². The fourth-order valence-electron chi connectivity index (χ4n) is 1.13. The van der Waals surface area contributed by atoms with Crippen molar-refractivity contribution in [2.75, 3.05) is 13.1 Å². The highest BCUT2D eigenvalue weighted by molar-refractivity contribution is 5.76. The third kappa shape index (κ3) is 6.54. The summed E-state index contributed by atoms with van der Waals surface area (Å²) in [7, 11) is 0. The van der Waals surface area contributed by atoms with Gasteiger partial charge in [-0.2, -0.15) is 0 Å². The molecule has 4 N–H and O–H groups in total. The lowest BCUT2D eigenvalue weighted by molar-refractivity contribution is -0.122. The molecule has 0 bridgehead atoms. The number of rotatable bonds is 6. The molecule has 0 saturated heterocycles. The smallest absolute Gasteiger partial charge is 0.221 e. The normalized spacial score (nSPS) is 13.0. The maximum atomic E-state index is 11.3. The molecule has 0 aromatic rings. The van der Waals surface area contributed by atoms with Gasteiger partial charge in [0.1, 0.15) is 0 Å². The van der Waals surface area contributed by atoms with Crippen LogP contribution in [0.5, 0.6) is 0 Å². The highest BCUT2D eigenvalue weighted by atomic mass is 16.1. The van der Waals surface area contributed by atoms with E-state index in [1.807, 2.05) is 20.8 Å². The molecule has 4 heteroatoms. The molecule has 0 aromatic heterocycles. The lowest BCUT2D eigenvalue weighted by Crippen LogP contribution is -2.41. The van der Waals surface area contributed by atoms with E-state index < -0.39 is 0 Å². The molecule has 1 unspecified atom stereocenters. The van der Waals surface area contributed by atoms with Gasteiger partial charge in [-0.3, -0.25) is 4.79 Å². The Morgan fingerprint density at radius 3 is 2.46 bits per heavy atom. The molecular formula is C9H21N3O. The second-order valence-corrected chi connectivity index (χ2v) is 3.42. The number of likely N-dealkylation sites (N-methyl/N-ethyl adjacent to an activating group) is 1.